The number of rotatable bonds is 3. The van der Waals surface area contributed by atoms with Crippen molar-refractivity contribution in [3.8, 4) is 0 Å². The van der Waals surface area contributed by atoms with Crippen LogP contribution >= 0.6 is 0 Å². The Hall–Kier alpha value is -1.88. The average molecular weight is 275 g/mol. The first-order chi connectivity index (χ1) is 9.65. The molecule has 5 nitrogen and oxygen atoms in total. The van der Waals surface area contributed by atoms with Crippen molar-refractivity contribution >= 4 is 17.6 Å². The molecule has 0 aromatic heterocycles. The normalized spacial score (nSPS) is 19.2. The Balaban J connectivity index is 1.83. The lowest BCUT2D eigenvalue weighted by Gasteiger charge is -2.27. The number of carboxylic acids is 1. The van der Waals surface area contributed by atoms with Crippen LogP contribution in [0.3, 0.4) is 0 Å². The van der Waals surface area contributed by atoms with E-state index in [0.717, 1.165) is 37.3 Å². The minimum Gasteiger partial charge on any atom is -0.478 e. The molecule has 1 saturated heterocycles. The molecule has 0 aliphatic carbocycles. The number of anilines is 1. The van der Waals surface area contributed by atoms with E-state index in [-0.39, 0.29) is 11.5 Å². The summed E-state index contributed by atoms with van der Waals surface area (Å²) in [5, 5.41) is 9.07. The van der Waals surface area contributed by atoms with Crippen molar-refractivity contribution in [3.63, 3.8) is 0 Å². The maximum Gasteiger partial charge on any atom is 0.335 e. The molecule has 2 aliphatic rings. The van der Waals surface area contributed by atoms with Gasteiger partial charge in [0.15, 0.2) is 0 Å². The van der Waals surface area contributed by atoms with Crippen LogP contribution in [0, 0.1) is 5.92 Å². The molecule has 1 fully saturated rings. The van der Waals surface area contributed by atoms with Gasteiger partial charge in [-0.3, -0.25) is 4.79 Å². The Morgan fingerprint density at radius 2 is 2.10 bits per heavy atom. The second-order valence-corrected chi connectivity index (χ2v) is 5.39. The monoisotopic (exact) mass is 275 g/mol. The number of carbonyl (C=O) groups excluding carboxylic acids is 1. The summed E-state index contributed by atoms with van der Waals surface area (Å²) in [7, 11) is 0. The molecule has 2 aliphatic heterocycles. The van der Waals surface area contributed by atoms with Gasteiger partial charge in [0.2, 0.25) is 5.91 Å². The minimum absolute atomic E-state index is 0.0639. The first kappa shape index (κ1) is 13.1. The van der Waals surface area contributed by atoms with Crippen molar-refractivity contribution in [3.05, 3.63) is 29.3 Å². The lowest BCUT2D eigenvalue weighted by atomic mass is 9.99. The summed E-state index contributed by atoms with van der Waals surface area (Å²) in [6.07, 6.45) is 2.29. The molecule has 0 spiro atoms. The molecular formula is C15H17NO4. The lowest BCUT2D eigenvalue weighted by molar-refractivity contribution is -0.117. The zero-order valence-corrected chi connectivity index (χ0v) is 11.2. The van der Waals surface area contributed by atoms with E-state index in [9.17, 15) is 9.59 Å². The van der Waals surface area contributed by atoms with E-state index in [4.69, 9.17) is 9.84 Å². The van der Waals surface area contributed by atoms with E-state index in [2.05, 4.69) is 0 Å². The van der Waals surface area contributed by atoms with E-state index in [1.807, 2.05) is 0 Å². The van der Waals surface area contributed by atoms with Crippen molar-refractivity contribution in [2.75, 3.05) is 24.7 Å². The topological polar surface area (TPSA) is 66.8 Å². The van der Waals surface area contributed by atoms with Crippen LogP contribution in [-0.2, 0) is 16.0 Å². The van der Waals surface area contributed by atoms with Gasteiger partial charge in [-0.2, -0.15) is 0 Å². The molecule has 1 amide bonds. The zero-order valence-electron chi connectivity index (χ0n) is 11.2. The Morgan fingerprint density at radius 3 is 2.80 bits per heavy atom. The van der Waals surface area contributed by atoms with Gasteiger partial charge >= 0.3 is 5.97 Å². The molecule has 5 heteroatoms. The molecule has 0 bridgehead atoms. The van der Waals surface area contributed by atoms with Gasteiger partial charge < -0.3 is 14.7 Å². The number of carboxylic acid groups (broad SMARTS) is 1. The van der Waals surface area contributed by atoms with Crippen molar-refractivity contribution in [1.29, 1.82) is 0 Å². The molecule has 1 aromatic rings. The van der Waals surface area contributed by atoms with Crippen LogP contribution in [0.4, 0.5) is 5.69 Å². The second kappa shape index (κ2) is 5.25. The van der Waals surface area contributed by atoms with E-state index >= 15 is 0 Å². The smallest absolute Gasteiger partial charge is 0.335 e. The van der Waals surface area contributed by atoms with Gasteiger partial charge in [0.05, 0.1) is 12.0 Å². The number of hydrogen-bond donors (Lipinski definition) is 1. The predicted molar refractivity (Wildman–Crippen MR) is 73.0 cm³/mol. The van der Waals surface area contributed by atoms with Crippen molar-refractivity contribution in [2.45, 2.75) is 19.3 Å². The molecule has 2 heterocycles. The first-order valence-corrected chi connectivity index (χ1v) is 6.89. The second-order valence-electron chi connectivity index (χ2n) is 5.39. The summed E-state index contributed by atoms with van der Waals surface area (Å²) >= 11 is 0. The summed E-state index contributed by atoms with van der Waals surface area (Å²) in [5.74, 6) is -0.459. The fourth-order valence-electron chi connectivity index (χ4n) is 2.88. The summed E-state index contributed by atoms with van der Waals surface area (Å²) in [5.41, 5.74) is 1.92. The van der Waals surface area contributed by atoms with Gasteiger partial charge in [0, 0.05) is 25.4 Å². The van der Waals surface area contributed by atoms with Gasteiger partial charge in [0.1, 0.15) is 0 Å². The highest BCUT2D eigenvalue weighted by atomic mass is 16.5. The van der Waals surface area contributed by atoms with Crippen molar-refractivity contribution in [1.82, 2.24) is 0 Å². The molecule has 20 heavy (non-hydrogen) atoms. The third kappa shape index (κ3) is 2.41. The van der Waals surface area contributed by atoms with E-state index in [0.29, 0.717) is 18.9 Å². The maximum absolute atomic E-state index is 12.1. The molecule has 0 saturated carbocycles. The number of nitrogens with zero attached hydrogens (tertiary/aromatic N) is 1. The molecular weight excluding hydrogens is 258 g/mol. The maximum atomic E-state index is 12.1. The van der Waals surface area contributed by atoms with Crippen LogP contribution < -0.4 is 4.90 Å². The number of benzene rings is 1. The summed E-state index contributed by atoms with van der Waals surface area (Å²) in [6, 6.07) is 4.93. The minimum atomic E-state index is -0.960. The Bertz CT molecular complexity index is 549. The van der Waals surface area contributed by atoms with Crippen molar-refractivity contribution in [2.24, 2.45) is 5.92 Å². The number of carbonyl (C=O) groups is 2. The van der Waals surface area contributed by atoms with E-state index in [1.54, 1.807) is 23.1 Å². The van der Waals surface area contributed by atoms with Crippen LogP contribution in [0.1, 0.15) is 28.8 Å². The lowest BCUT2D eigenvalue weighted by Crippen LogP contribution is -2.34. The van der Waals surface area contributed by atoms with Gasteiger partial charge in [-0.1, -0.05) is 6.07 Å². The Morgan fingerprint density at radius 1 is 1.35 bits per heavy atom. The quantitative estimate of drug-likeness (QED) is 0.911. The zero-order chi connectivity index (χ0) is 14.1. The number of amides is 1. The van der Waals surface area contributed by atoms with Crippen LogP contribution in [0.15, 0.2) is 18.2 Å². The number of hydrogen-bond acceptors (Lipinski definition) is 3. The van der Waals surface area contributed by atoms with Crippen LogP contribution in [-0.4, -0.2) is 36.7 Å². The molecule has 1 N–H and O–H groups in total. The molecule has 0 atom stereocenters. The molecule has 1 aromatic carbocycles. The average Bonchev–Trinajstić information content (AvgIpc) is 2.75. The van der Waals surface area contributed by atoms with Gasteiger partial charge in [-0.25, -0.2) is 4.79 Å². The Labute approximate surface area is 117 Å². The number of ether oxygens (including phenoxy) is 1. The van der Waals surface area contributed by atoms with Crippen LogP contribution in [0.25, 0.3) is 0 Å². The third-order valence-corrected chi connectivity index (χ3v) is 4.05. The highest BCUT2D eigenvalue weighted by Crippen LogP contribution is 2.32. The highest BCUT2D eigenvalue weighted by Gasteiger charge is 2.30. The van der Waals surface area contributed by atoms with E-state index in [1.165, 1.54) is 0 Å². The fourth-order valence-corrected chi connectivity index (χ4v) is 2.88. The summed E-state index contributed by atoms with van der Waals surface area (Å²) in [4.78, 5) is 24.9. The van der Waals surface area contributed by atoms with E-state index < -0.39 is 5.97 Å². The summed E-state index contributed by atoms with van der Waals surface area (Å²) in [6.45, 7) is 2.15. The molecule has 0 unspecified atom stereocenters. The third-order valence-electron chi connectivity index (χ3n) is 4.05. The molecule has 106 valence electrons. The summed E-state index contributed by atoms with van der Waals surface area (Å²) < 4.78 is 5.33. The molecule has 3 rings (SSSR count). The van der Waals surface area contributed by atoms with Gasteiger partial charge in [-0.05, 0) is 36.5 Å². The van der Waals surface area contributed by atoms with Gasteiger partial charge in [-0.15, -0.1) is 0 Å². The van der Waals surface area contributed by atoms with Crippen molar-refractivity contribution < 1.29 is 19.4 Å². The first-order valence-electron chi connectivity index (χ1n) is 6.89. The van der Waals surface area contributed by atoms with Crippen LogP contribution in [0.2, 0.25) is 0 Å². The number of fused-ring (bicyclic) bond motifs is 1. The Kier molecular flexibility index (Phi) is 3.44. The molecule has 0 radical (unpaired) electrons. The standard InChI is InChI=1S/C15H17NO4/c17-14-8-11-1-2-12(15(18)19)7-13(11)16(14)9-10-3-5-20-6-4-10/h1-2,7,10H,3-6,8-9H2,(H,18,19). The van der Waals surface area contributed by atoms with Crippen LogP contribution in [0.5, 0.6) is 0 Å². The SMILES string of the molecule is O=C(O)c1ccc2c(c1)N(CC1CCOCC1)C(=O)C2. The van der Waals surface area contributed by atoms with Gasteiger partial charge in [0.25, 0.3) is 0 Å². The number of aromatic carboxylic acids is 1. The largest absolute Gasteiger partial charge is 0.478 e. The predicted octanol–water partition coefficient (Wildman–Crippen LogP) is 1.70. The highest BCUT2D eigenvalue weighted by molar-refractivity contribution is 6.03. The fraction of sp³-hybridized carbons (Fsp3) is 0.467.